The Morgan fingerprint density at radius 2 is 1.78 bits per heavy atom. The zero-order valence-corrected chi connectivity index (χ0v) is 17.5. The molecule has 2 N–H and O–H groups in total. The van der Waals surface area contributed by atoms with Gasteiger partial charge in [0, 0.05) is 16.3 Å². The number of esters is 1. The van der Waals surface area contributed by atoms with Crippen LogP contribution in [0, 0.1) is 13.8 Å². The van der Waals surface area contributed by atoms with E-state index in [9.17, 15) is 4.79 Å². The number of methoxy groups -OCH3 is 1. The Hall–Kier alpha value is -2.06. The summed E-state index contributed by atoms with van der Waals surface area (Å²) in [5.74, 6) is 0.126. The smallest absolute Gasteiger partial charge is 0.341 e. The minimum atomic E-state index is -0.318. The number of fused-ring (bicyclic) bond motifs is 1. The quantitative estimate of drug-likeness (QED) is 0.580. The summed E-state index contributed by atoms with van der Waals surface area (Å²) in [6, 6.07) is 1.90. The molecule has 27 heavy (non-hydrogen) atoms. The van der Waals surface area contributed by atoms with Crippen molar-refractivity contribution in [2.45, 2.75) is 52.4 Å². The maximum atomic E-state index is 12.5. The van der Waals surface area contributed by atoms with Crippen LogP contribution in [0.15, 0.2) is 6.07 Å². The summed E-state index contributed by atoms with van der Waals surface area (Å²) in [5, 5.41) is 7.28. The van der Waals surface area contributed by atoms with Crippen LogP contribution in [-0.2, 0) is 17.6 Å². The number of anilines is 2. The summed E-state index contributed by atoms with van der Waals surface area (Å²) in [4.78, 5) is 22.4. The van der Waals surface area contributed by atoms with Crippen molar-refractivity contribution in [1.82, 2.24) is 9.97 Å². The maximum absolute atomic E-state index is 12.5. The van der Waals surface area contributed by atoms with E-state index in [1.807, 2.05) is 19.9 Å². The van der Waals surface area contributed by atoms with E-state index in [4.69, 9.17) is 17.0 Å². The molecule has 1 aliphatic rings. The van der Waals surface area contributed by atoms with Gasteiger partial charge in [0.1, 0.15) is 5.00 Å². The molecule has 144 valence electrons. The average molecular weight is 405 g/mol. The van der Waals surface area contributed by atoms with Gasteiger partial charge in [0.15, 0.2) is 5.11 Å². The molecule has 8 heteroatoms. The Balaban J connectivity index is 1.85. The van der Waals surface area contributed by atoms with Crippen molar-refractivity contribution in [2.24, 2.45) is 0 Å². The van der Waals surface area contributed by atoms with Crippen LogP contribution < -0.4 is 10.6 Å². The fraction of sp³-hybridized carbons (Fsp3) is 0.474. The predicted molar refractivity (Wildman–Crippen MR) is 113 cm³/mol. The van der Waals surface area contributed by atoms with Gasteiger partial charge < -0.3 is 15.4 Å². The molecular weight excluding hydrogens is 380 g/mol. The zero-order chi connectivity index (χ0) is 19.4. The lowest BCUT2D eigenvalue weighted by Gasteiger charge is -2.12. The van der Waals surface area contributed by atoms with Gasteiger partial charge in [-0.25, -0.2) is 14.8 Å². The van der Waals surface area contributed by atoms with Crippen LogP contribution in [0.2, 0.25) is 0 Å². The van der Waals surface area contributed by atoms with Gasteiger partial charge in [-0.05, 0) is 63.4 Å². The molecule has 0 atom stereocenters. The topological polar surface area (TPSA) is 76.1 Å². The minimum absolute atomic E-state index is 0.318. The molecule has 0 radical (unpaired) electrons. The van der Waals surface area contributed by atoms with E-state index in [1.165, 1.54) is 24.8 Å². The fourth-order valence-corrected chi connectivity index (χ4v) is 4.88. The molecule has 0 fully saturated rings. The SMILES string of the molecule is COC(=O)c1c(NC(=S)Nc2nc(C)cc(C)n2)sc2c1CCCCCC2. The van der Waals surface area contributed by atoms with Crippen molar-refractivity contribution in [3.8, 4) is 0 Å². The Morgan fingerprint density at radius 3 is 2.44 bits per heavy atom. The van der Waals surface area contributed by atoms with Crippen LogP contribution in [0.1, 0.15) is 57.9 Å². The summed E-state index contributed by atoms with van der Waals surface area (Å²) in [7, 11) is 1.42. The van der Waals surface area contributed by atoms with Crippen molar-refractivity contribution in [1.29, 1.82) is 0 Å². The molecule has 0 aliphatic heterocycles. The number of hydrogen-bond acceptors (Lipinski definition) is 6. The average Bonchev–Trinajstić information content (AvgIpc) is 2.89. The number of carbonyl (C=O) groups excluding carboxylic acids is 1. The maximum Gasteiger partial charge on any atom is 0.341 e. The van der Waals surface area contributed by atoms with Gasteiger partial charge in [0.25, 0.3) is 0 Å². The normalized spacial score (nSPS) is 13.9. The highest BCUT2D eigenvalue weighted by Crippen LogP contribution is 2.37. The Labute approximate surface area is 168 Å². The van der Waals surface area contributed by atoms with Crippen LogP contribution >= 0.6 is 23.6 Å². The van der Waals surface area contributed by atoms with Crippen molar-refractivity contribution < 1.29 is 9.53 Å². The minimum Gasteiger partial charge on any atom is -0.465 e. The number of hydrogen-bond donors (Lipinski definition) is 2. The molecule has 3 rings (SSSR count). The zero-order valence-electron chi connectivity index (χ0n) is 15.8. The van der Waals surface area contributed by atoms with Gasteiger partial charge in [0.05, 0.1) is 12.7 Å². The molecular formula is C19H24N4O2S2. The molecule has 0 unspecified atom stereocenters. The first-order chi connectivity index (χ1) is 13.0. The second kappa shape index (κ2) is 8.75. The molecule has 2 aromatic heterocycles. The van der Waals surface area contributed by atoms with Crippen LogP contribution in [-0.4, -0.2) is 28.2 Å². The third-order valence-electron chi connectivity index (χ3n) is 4.50. The van der Waals surface area contributed by atoms with Gasteiger partial charge in [-0.15, -0.1) is 11.3 Å². The molecule has 0 saturated carbocycles. The van der Waals surface area contributed by atoms with Crippen molar-refractivity contribution in [2.75, 3.05) is 17.7 Å². The van der Waals surface area contributed by atoms with E-state index in [1.54, 1.807) is 11.3 Å². The van der Waals surface area contributed by atoms with E-state index >= 15 is 0 Å². The van der Waals surface area contributed by atoms with Gasteiger partial charge in [0.2, 0.25) is 5.95 Å². The number of thiocarbonyl (C=S) groups is 1. The summed E-state index contributed by atoms with van der Waals surface area (Å²) in [5.41, 5.74) is 3.45. The van der Waals surface area contributed by atoms with E-state index in [0.29, 0.717) is 16.6 Å². The highest BCUT2D eigenvalue weighted by atomic mass is 32.1. The lowest BCUT2D eigenvalue weighted by atomic mass is 9.96. The third-order valence-corrected chi connectivity index (χ3v) is 5.91. The number of nitrogens with zero attached hydrogens (tertiary/aromatic N) is 2. The molecule has 0 amide bonds. The Kier molecular flexibility index (Phi) is 6.38. The summed E-state index contributed by atoms with van der Waals surface area (Å²) in [6.45, 7) is 3.82. The first-order valence-corrected chi connectivity index (χ1v) is 10.3. The van der Waals surface area contributed by atoms with E-state index in [0.717, 1.165) is 47.6 Å². The first kappa shape index (κ1) is 19.7. The monoisotopic (exact) mass is 404 g/mol. The van der Waals surface area contributed by atoms with Gasteiger partial charge in [-0.2, -0.15) is 0 Å². The first-order valence-electron chi connectivity index (χ1n) is 9.11. The van der Waals surface area contributed by atoms with Gasteiger partial charge in [-0.1, -0.05) is 12.8 Å². The molecule has 0 bridgehead atoms. The van der Waals surface area contributed by atoms with Gasteiger partial charge >= 0.3 is 5.97 Å². The number of thiophene rings is 1. The molecule has 6 nitrogen and oxygen atoms in total. The van der Waals surface area contributed by atoms with E-state index < -0.39 is 0 Å². The molecule has 1 aliphatic carbocycles. The number of rotatable bonds is 3. The predicted octanol–water partition coefficient (Wildman–Crippen LogP) is 4.41. The molecule has 2 aromatic rings. The largest absolute Gasteiger partial charge is 0.465 e. The van der Waals surface area contributed by atoms with Crippen molar-refractivity contribution in [3.63, 3.8) is 0 Å². The number of nitrogens with one attached hydrogen (secondary N) is 2. The standard InChI is InChI=1S/C19H24N4O2S2/c1-11-10-12(2)21-18(20-11)23-19(26)22-16-15(17(24)25-3)13-8-6-4-5-7-9-14(13)27-16/h10H,4-9H2,1-3H3,(H2,20,21,22,23,26). The van der Waals surface area contributed by atoms with Crippen LogP contribution in [0.5, 0.6) is 0 Å². The highest BCUT2D eigenvalue weighted by molar-refractivity contribution is 7.80. The van der Waals surface area contributed by atoms with Crippen LogP contribution in [0.4, 0.5) is 10.9 Å². The second-order valence-corrected chi connectivity index (χ2v) is 8.18. The third kappa shape index (κ3) is 4.81. The Morgan fingerprint density at radius 1 is 1.11 bits per heavy atom. The summed E-state index contributed by atoms with van der Waals surface area (Å²) in [6.07, 6.45) is 6.56. The summed E-state index contributed by atoms with van der Waals surface area (Å²) >= 11 is 7.03. The molecule has 0 aromatic carbocycles. The molecule has 0 spiro atoms. The highest BCUT2D eigenvalue weighted by Gasteiger charge is 2.25. The van der Waals surface area contributed by atoms with Gasteiger partial charge in [-0.3, -0.25) is 0 Å². The lowest BCUT2D eigenvalue weighted by Crippen LogP contribution is -2.22. The number of carbonyl (C=O) groups is 1. The fourth-order valence-electron chi connectivity index (χ4n) is 3.34. The van der Waals surface area contributed by atoms with E-state index in [2.05, 4.69) is 20.6 Å². The lowest BCUT2D eigenvalue weighted by molar-refractivity contribution is 0.0601. The number of aryl methyl sites for hydroxylation is 3. The molecule has 2 heterocycles. The molecule has 0 saturated heterocycles. The van der Waals surface area contributed by atoms with E-state index in [-0.39, 0.29) is 5.97 Å². The van der Waals surface area contributed by atoms with Crippen molar-refractivity contribution >= 4 is 45.6 Å². The second-order valence-electron chi connectivity index (χ2n) is 6.67. The number of aromatic nitrogens is 2. The van der Waals surface area contributed by atoms with Crippen LogP contribution in [0.25, 0.3) is 0 Å². The summed E-state index contributed by atoms with van der Waals surface area (Å²) < 4.78 is 5.04. The number of ether oxygens (including phenoxy) is 1. The van der Waals surface area contributed by atoms with Crippen molar-refractivity contribution in [3.05, 3.63) is 33.5 Å². The Bertz CT molecular complexity index is 843. The van der Waals surface area contributed by atoms with Crippen LogP contribution in [0.3, 0.4) is 0 Å².